The molecule has 0 atom stereocenters. The molecule has 1 rings (SSSR count). The Bertz CT molecular complexity index is 520. The number of rotatable bonds is 6. The summed E-state index contributed by atoms with van der Waals surface area (Å²) < 4.78 is 10.0. The molecule has 0 unspecified atom stereocenters. The van der Waals surface area contributed by atoms with Gasteiger partial charge in [-0.05, 0) is 6.92 Å². The number of methoxy groups -OCH3 is 2. The number of nitrogens with one attached hydrogen (secondary N) is 1. The van der Waals surface area contributed by atoms with Crippen LogP contribution in [0.5, 0.6) is 0 Å². The van der Waals surface area contributed by atoms with Crippen LogP contribution in [0.15, 0.2) is 4.79 Å². The van der Waals surface area contributed by atoms with Crippen molar-refractivity contribution in [2.24, 2.45) is 0 Å². The maximum atomic E-state index is 11.7. The zero-order valence-corrected chi connectivity index (χ0v) is 11.1. The van der Waals surface area contributed by atoms with Crippen molar-refractivity contribution in [3.8, 4) is 0 Å². The molecule has 0 aromatic carbocycles. The zero-order valence-electron chi connectivity index (χ0n) is 11.1. The van der Waals surface area contributed by atoms with Crippen LogP contribution in [-0.4, -0.2) is 37.3 Å². The standard InChI is InChI=1S/C11H17N3O5/c1-6-9(12)8(7(4-18-2)5-19-3)10(14(16)17)11(15)13-6/h7H,4-5,12H2,1-3H3,(H,13,15). The molecule has 106 valence electrons. The number of pyridine rings is 1. The minimum atomic E-state index is -0.774. The summed E-state index contributed by atoms with van der Waals surface area (Å²) in [6.45, 7) is 1.92. The Morgan fingerprint density at radius 1 is 1.37 bits per heavy atom. The van der Waals surface area contributed by atoms with Crippen molar-refractivity contribution in [1.82, 2.24) is 4.98 Å². The number of aryl methyl sites for hydroxylation is 1. The maximum absolute atomic E-state index is 11.7. The molecular weight excluding hydrogens is 254 g/mol. The lowest BCUT2D eigenvalue weighted by Crippen LogP contribution is -2.23. The van der Waals surface area contributed by atoms with E-state index in [0.29, 0.717) is 5.69 Å². The van der Waals surface area contributed by atoms with Gasteiger partial charge >= 0.3 is 11.2 Å². The number of aromatic amines is 1. The number of aromatic nitrogens is 1. The van der Waals surface area contributed by atoms with E-state index in [2.05, 4.69) is 4.98 Å². The van der Waals surface area contributed by atoms with Crippen molar-refractivity contribution in [2.75, 3.05) is 33.2 Å². The molecule has 0 amide bonds. The first-order valence-corrected chi connectivity index (χ1v) is 5.58. The first-order valence-electron chi connectivity index (χ1n) is 5.58. The van der Waals surface area contributed by atoms with Gasteiger partial charge in [-0.3, -0.25) is 14.9 Å². The molecule has 0 spiro atoms. The molecule has 0 aliphatic carbocycles. The van der Waals surface area contributed by atoms with Crippen LogP contribution in [-0.2, 0) is 9.47 Å². The lowest BCUT2D eigenvalue weighted by molar-refractivity contribution is -0.387. The molecular formula is C11H17N3O5. The number of ether oxygens (including phenoxy) is 2. The fraction of sp³-hybridized carbons (Fsp3) is 0.545. The number of nitrogens with two attached hydrogens (primary N) is 1. The molecule has 8 nitrogen and oxygen atoms in total. The Hall–Kier alpha value is -1.93. The van der Waals surface area contributed by atoms with Gasteiger partial charge in [-0.1, -0.05) is 0 Å². The van der Waals surface area contributed by atoms with E-state index in [1.165, 1.54) is 14.2 Å². The zero-order chi connectivity index (χ0) is 14.6. The van der Waals surface area contributed by atoms with Crippen molar-refractivity contribution in [2.45, 2.75) is 12.8 Å². The van der Waals surface area contributed by atoms with Gasteiger partial charge in [0.2, 0.25) is 0 Å². The van der Waals surface area contributed by atoms with E-state index in [4.69, 9.17) is 15.2 Å². The van der Waals surface area contributed by atoms with Gasteiger partial charge in [-0.15, -0.1) is 0 Å². The van der Waals surface area contributed by atoms with Crippen molar-refractivity contribution < 1.29 is 14.4 Å². The highest BCUT2D eigenvalue weighted by atomic mass is 16.6. The third kappa shape index (κ3) is 3.09. The summed E-state index contributed by atoms with van der Waals surface area (Å²) in [5.74, 6) is -0.476. The molecule has 0 bridgehead atoms. The minimum Gasteiger partial charge on any atom is -0.397 e. The third-order valence-electron chi connectivity index (χ3n) is 2.79. The molecule has 19 heavy (non-hydrogen) atoms. The third-order valence-corrected chi connectivity index (χ3v) is 2.79. The van der Waals surface area contributed by atoms with Crippen LogP contribution >= 0.6 is 0 Å². The van der Waals surface area contributed by atoms with Gasteiger partial charge in [0.25, 0.3) is 0 Å². The van der Waals surface area contributed by atoms with Crippen molar-refractivity contribution in [1.29, 1.82) is 0 Å². The van der Waals surface area contributed by atoms with Gasteiger partial charge < -0.3 is 20.2 Å². The molecule has 0 aliphatic heterocycles. The molecule has 3 N–H and O–H groups in total. The summed E-state index contributed by atoms with van der Waals surface area (Å²) in [4.78, 5) is 24.4. The second-order valence-corrected chi connectivity index (χ2v) is 4.12. The van der Waals surface area contributed by atoms with Gasteiger partial charge in [0.05, 0.1) is 29.4 Å². The predicted octanol–water partition coefficient (Wildman–Crippen LogP) is 0.550. The molecule has 1 aromatic rings. The molecule has 8 heteroatoms. The van der Waals surface area contributed by atoms with E-state index < -0.39 is 22.1 Å². The molecule has 1 aromatic heterocycles. The molecule has 0 aliphatic rings. The lowest BCUT2D eigenvalue weighted by Gasteiger charge is -2.18. The summed E-state index contributed by atoms with van der Waals surface area (Å²) in [7, 11) is 2.93. The van der Waals surface area contributed by atoms with Crippen molar-refractivity contribution >= 4 is 11.4 Å². The Kier molecular flexibility index (Phi) is 5.02. The summed E-state index contributed by atoms with van der Waals surface area (Å²) in [6, 6.07) is 0. The Labute approximate surface area is 109 Å². The summed E-state index contributed by atoms with van der Waals surface area (Å²) in [5.41, 5.74) is 5.28. The fourth-order valence-electron chi connectivity index (χ4n) is 1.96. The van der Waals surface area contributed by atoms with Gasteiger partial charge in [-0.25, -0.2) is 0 Å². The first kappa shape index (κ1) is 15.1. The number of nitrogens with zero attached hydrogens (tertiary/aromatic N) is 1. The Morgan fingerprint density at radius 3 is 2.32 bits per heavy atom. The summed E-state index contributed by atoms with van der Waals surface area (Å²) in [6.07, 6.45) is 0. The molecule has 0 saturated carbocycles. The first-order chi connectivity index (χ1) is 8.93. The summed E-state index contributed by atoms with van der Waals surface area (Å²) in [5, 5.41) is 11.1. The van der Waals surface area contributed by atoms with Gasteiger partial charge in [-0.2, -0.15) is 0 Å². The number of H-pyrrole nitrogens is 1. The Balaban J connectivity index is 3.52. The molecule has 0 fully saturated rings. The van der Waals surface area contributed by atoms with Crippen LogP contribution in [0.2, 0.25) is 0 Å². The van der Waals surface area contributed by atoms with E-state index >= 15 is 0 Å². The van der Waals surface area contributed by atoms with Crippen LogP contribution in [0.1, 0.15) is 17.2 Å². The Morgan fingerprint density at radius 2 is 1.89 bits per heavy atom. The molecule has 0 radical (unpaired) electrons. The predicted molar refractivity (Wildman–Crippen MR) is 69.4 cm³/mol. The van der Waals surface area contributed by atoms with Crippen LogP contribution in [0, 0.1) is 17.0 Å². The van der Waals surface area contributed by atoms with Gasteiger partial charge in [0.15, 0.2) is 0 Å². The van der Waals surface area contributed by atoms with Crippen LogP contribution in [0.4, 0.5) is 11.4 Å². The smallest absolute Gasteiger partial charge is 0.339 e. The quantitative estimate of drug-likeness (QED) is 0.575. The highest BCUT2D eigenvalue weighted by Crippen LogP contribution is 2.30. The van der Waals surface area contributed by atoms with Crippen molar-refractivity contribution in [3.05, 3.63) is 31.7 Å². The van der Waals surface area contributed by atoms with E-state index in [1.54, 1.807) is 6.92 Å². The summed E-state index contributed by atoms with van der Waals surface area (Å²) >= 11 is 0. The number of hydrogen-bond donors (Lipinski definition) is 2. The average Bonchev–Trinajstić information content (AvgIpc) is 2.32. The fourth-order valence-corrected chi connectivity index (χ4v) is 1.96. The number of hydrogen-bond acceptors (Lipinski definition) is 6. The highest BCUT2D eigenvalue weighted by molar-refractivity contribution is 5.61. The van der Waals surface area contributed by atoms with E-state index in [9.17, 15) is 14.9 Å². The number of nitrogen functional groups attached to an aromatic ring is 1. The second-order valence-electron chi connectivity index (χ2n) is 4.12. The van der Waals surface area contributed by atoms with Gasteiger partial charge in [0.1, 0.15) is 0 Å². The second kappa shape index (κ2) is 6.30. The number of nitro groups is 1. The van der Waals surface area contributed by atoms with E-state index in [-0.39, 0.29) is 24.5 Å². The SMILES string of the molecule is COCC(COC)c1c(N)c(C)[nH]c(=O)c1[N+](=O)[O-]. The number of anilines is 1. The van der Waals surface area contributed by atoms with Crippen molar-refractivity contribution in [3.63, 3.8) is 0 Å². The van der Waals surface area contributed by atoms with E-state index in [1.807, 2.05) is 0 Å². The van der Waals surface area contributed by atoms with Crippen LogP contribution in [0.3, 0.4) is 0 Å². The maximum Gasteiger partial charge on any atom is 0.339 e. The average molecular weight is 271 g/mol. The minimum absolute atomic E-state index is 0.162. The highest BCUT2D eigenvalue weighted by Gasteiger charge is 2.29. The largest absolute Gasteiger partial charge is 0.397 e. The van der Waals surface area contributed by atoms with E-state index in [0.717, 1.165) is 0 Å². The monoisotopic (exact) mass is 271 g/mol. The normalized spacial score (nSPS) is 10.9. The molecule has 0 saturated heterocycles. The molecule has 1 heterocycles. The van der Waals surface area contributed by atoms with Gasteiger partial charge in [0, 0.05) is 25.8 Å². The van der Waals surface area contributed by atoms with Crippen LogP contribution in [0.25, 0.3) is 0 Å². The van der Waals surface area contributed by atoms with Crippen LogP contribution < -0.4 is 11.3 Å². The topological polar surface area (TPSA) is 120 Å². The lowest BCUT2D eigenvalue weighted by atomic mass is 9.97.